The predicted octanol–water partition coefficient (Wildman–Crippen LogP) is 2.72. The fourth-order valence-corrected chi connectivity index (χ4v) is 2.51. The first-order valence-corrected chi connectivity index (χ1v) is 8.63. The van der Waals surface area contributed by atoms with Crippen LogP contribution in [0.25, 0.3) is 11.3 Å². The largest absolute Gasteiger partial charge is 0.395 e. The molecule has 0 fully saturated rings. The van der Waals surface area contributed by atoms with Gasteiger partial charge in [0.1, 0.15) is 0 Å². The summed E-state index contributed by atoms with van der Waals surface area (Å²) in [6, 6.07) is 13.7. The lowest BCUT2D eigenvalue weighted by Gasteiger charge is -2.17. The Hall–Kier alpha value is -3.32. The first-order chi connectivity index (χ1) is 13.2. The van der Waals surface area contributed by atoms with Crippen LogP contribution in [-0.2, 0) is 0 Å². The number of nitrogens with one attached hydrogen (secondary N) is 1. The van der Waals surface area contributed by atoms with Crippen LogP contribution in [0.15, 0.2) is 60.0 Å². The summed E-state index contributed by atoms with van der Waals surface area (Å²) in [4.78, 5) is 14.9. The lowest BCUT2D eigenvalue weighted by atomic mass is 10.2. The van der Waals surface area contributed by atoms with Gasteiger partial charge in [-0.25, -0.2) is 4.98 Å². The second kappa shape index (κ2) is 8.86. The minimum atomic E-state index is 0.0214. The molecule has 2 aromatic heterocycles. The van der Waals surface area contributed by atoms with Gasteiger partial charge < -0.3 is 10.0 Å². The van der Waals surface area contributed by atoms with Crippen LogP contribution >= 0.6 is 0 Å². The first-order valence-electron chi connectivity index (χ1n) is 8.63. The van der Waals surface area contributed by atoms with E-state index in [1.54, 1.807) is 23.5 Å². The van der Waals surface area contributed by atoms with Gasteiger partial charge in [0.15, 0.2) is 5.82 Å². The number of aromatic nitrogens is 3. The average molecular weight is 362 g/mol. The maximum atomic E-state index is 9.20. The summed E-state index contributed by atoms with van der Waals surface area (Å²) < 4.78 is 0. The van der Waals surface area contributed by atoms with E-state index < -0.39 is 0 Å². The second-order valence-corrected chi connectivity index (χ2v) is 6.10. The molecule has 0 unspecified atom stereocenters. The Labute approximate surface area is 158 Å². The van der Waals surface area contributed by atoms with E-state index >= 15 is 0 Å². The van der Waals surface area contributed by atoms with Crippen molar-refractivity contribution < 1.29 is 5.11 Å². The van der Waals surface area contributed by atoms with Crippen LogP contribution in [0, 0.1) is 6.92 Å². The summed E-state index contributed by atoms with van der Waals surface area (Å²) in [6.45, 7) is 2.50. The third kappa shape index (κ3) is 5.08. The smallest absolute Gasteiger partial charge is 0.227 e. The standard InChI is InChI=1S/C20H22N6O/c1-15-4-3-5-16(12-15)14-22-25-19-13-18(17-6-8-21-9-7-17)23-20(24-19)26(2)10-11-27/h3-9,12-14,27H,10-11H2,1-2H3,(H,23,24,25). The summed E-state index contributed by atoms with van der Waals surface area (Å²) in [5.74, 6) is 1.08. The number of pyridine rings is 1. The number of anilines is 2. The van der Waals surface area contributed by atoms with E-state index in [0.717, 1.165) is 16.8 Å². The van der Waals surface area contributed by atoms with Crippen molar-refractivity contribution in [1.82, 2.24) is 15.0 Å². The Bertz CT molecular complexity index is 913. The minimum Gasteiger partial charge on any atom is -0.395 e. The van der Waals surface area contributed by atoms with Crippen molar-refractivity contribution in [3.05, 3.63) is 66.0 Å². The highest BCUT2D eigenvalue weighted by Gasteiger charge is 2.10. The SMILES string of the molecule is Cc1cccc(C=NNc2cc(-c3ccncc3)nc(N(C)CCO)n2)c1. The number of hydrazone groups is 1. The van der Waals surface area contributed by atoms with Gasteiger partial charge in [-0.3, -0.25) is 10.4 Å². The molecule has 0 aliphatic heterocycles. The van der Waals surface area contributed by atoms with Crippen molar-refractivity contribution in [1.29, 1.82) is 0 Å². The predicted molar refractivity (Wildman–Crippen MR) is 108 cm³/mol. The van der Waals surface area contributed by atoms with Crippen LogP contribution < -0.4 is 10.3 Å². The Kier molecular flexibility index (Phi) is 6.06. The Morgan fingerprint density at radius 2 is 1.96 bits per heavy atom. The van der Waals surface area contributed by atoms with Crippen LogP contribution in [0.1, 0.15) is 11.1 Å². The van der Waals surface area contributed by atoms with Crippen LogP contribution in [-0.4, -0.2) is 46.5 Å². The maximum absolute atomic E-state index is 9.20. The normalized spacial score (nSPS) is 10.9. The minimum absolute atomic E-state index is 0.0214. The summed E-state index contributed by atoms with van der Waals surface area (Å²) in [5, 5.41) is 13.5. The lowest BCUT2D eigenvalue weighted by Crippen LogP contribution is -2.23. The number of aliphatic hydroxyl groups excluding tert-OH is 1. The average Bonchev–Trinajstić information content (AvgIpc) is 2.69. The highest BCUT2D eigenvalue weighted by molar-refractivity contribution is 5.80. The summed E-state index contributed by atoms with van der Waals surface area (Å²) in [7, 11) is 1.83. The second-order valence-electron chi connectivity index (χ2n) is 6.10. The molecule has 1 aromatic carbocycles. The van der Waals surface area contributed by atoms with Crippen LogP contribution in [0.5, 0.6) is 0 Å². The third-order valence-electron chi connectivity index (χ3n) is 3.90. The van der Waals surface area contributed by atoms with Gasteiger partial charge in [-0.15, -0.1) is 0 Å². The quantitative estimate of drug-likeness (QED) is 0.496. The summed E-state index contributed by atoms with van der Waals surface area (Å²) >= 11 is 0. The lowest BCUT2D eigenvalue weighted by molar-refractivity contribution is 0.303. The molecule has 7 nitrogen and oxygen atoms in total. The van der Waals surface area contributed by atoms with E-state index in [0.29, 0.717) is 18.3 Å². The molecule has 138 valence electrons. The number of benzene rings is 1. The zero-order valence-electron chi connectivity index (χ0n) is 15.4. The molecule has 0 bridgehead atoms. The molecule has 0 amide bonds. The first kappa shape index (κ1) is 18.5. The molecule has 0 saturated carbocycles. The van der Waals surface area contributed by atoms with Crippen molar-refractivity contribution >= 4 is 18.0 Å². The molecule has 0 saturated heterocycles. The van der Waals surface area contributed by atoms with Gasteiger partial charge in [0.2, 0.25) is 5.95 Å². The molecule has 2 heterocycles. The number of aliphatic hydroxyl groups is 1. The van der Waals surface area contributed by atoms with E-state index in [2.05, 4.69) is 25.5 Å². The molecule has 3 rings (SSSR count). The van der Waals surface area contributed by atoms with Crippen molar-refractivity contribution in [2.24, 2.45) is 5.10 Å². The van der Waals surface area contributed by atoms with Gasteiger partial charge in [0.05, 0.1) is 18.5 Å². The number of hydrogen-bond acceptors (Lipinski definition) is 7. The Morgan fingerprint density at radius 1 is 1.15 bits per heavy atom. The monoisotopic (exact) mass is 362 g/mol. The Morgan fingerprint density at radius 3 is 2.70 bits per heavy atom. The van der Waals surface area contributed by atoms with E-state index in [4.69, 9.17) is 0 Å². The fraction of sp³-hybridized carbons (Fsp3) is 0.200. The van der Waals surface area contributed by atoms with E-state index in [9.17, 15) is 5.11 Å². The van der Waals surface area contributed by atoms with Crippen molar-refractivity contribution in [2.45, 2.75) is 6.92 Å². The number of nitrogens with zero attached hydrogens (tertiary/aromatic N) is 5. The molecular formula is C20H22N6O. The number of likely N-dealkylation sites (N-methyl/N-ethyl adjacent to an activating group) is 1. The van der Waals surface area contributed by atoms with E-state index in [-0.39, 0.29) is 6.61 Å². The van der Waals surface area contributed by atoms with Gasteiger partial charge in [-0.1, -0.05) is 29.8 Å². The van der Waals surface area contributed by atoms with Crippen molar-refractivity contribution in [3.8, 4) is 11.3 Å². The third-order valence-corrected chi connectivity index (χ3v) is 3.90. The van der Waals surface area contributed by atoms with Gasteiger partial charge in [-0.05, 0) is 24.6 Å². The number of rotatable bonds is 7. The molecule has 0 radical (unpaired) electrons. The number of hydrogen-bond donors (Lipinski definition) is 2. The van der Waals surface area contributed by atoms with Crippen LogP contribution in [0.4, 0.5) is 11.8 Å². The van der Waals surface area contributed by atoms with Crippen molar-refractivity contribution in [3.63, 3.8) is 0 Å². The molecule has 2 N–H and O–H groups in total. The van der Waals surface area contributed by atoms with E-state index in [1.165, 1.54) is 5.56 Å². The fourth-order valence-electron chi connectivity index (χ4n) is 2.51. The highest BCUT2D eigenvalue weighted by atomic mass is 16.3. The number of aryl methyl sites for hydroxylation is 1. The molecule has 0 spiro atoms. The van der Waals surface area contributed by atoms with Gasteiger partial charge in [0.25, 0.3) is 0 Å². The van der Waals surface area contributed by atoms with E-state index in [1.807, 2.05) is 56.4 Å². The van der Waals surface area contributed by atoms with Crippen molar-refractivity contribution in [2.75, 3.05) is 30.5 Å². The van der Waals surface area contributed by atoms with Gasteiger partial charge >= 0.3 is 0 Å². The zero-order chi connectivity index (χ0) is 19.1. The topological polar surface area (TPSA) is 86.5 Å². The maximum Gasteiger partial charge on any atom is 0.227 e. The van der Waals surface area contributed by atoms with Crippen LogP contribution in [0.2, 0.25) is 0 Å². The molecule has 0 atom stereocenters. The summed E-state index contributed by atoms with van der Waals surface area (Å²) in [6.07, 6.45) is 5.19. The molecule has 0 aliphatic rings. The summed E-state index contributed by atoms with van der Waals surface area (Å²) in [5.41, 5.74) is 6.83. The zero-order valence-corrected chi connectivity index (χ0v) is 15.4. The van der Waals surface area contributed by atoms with Gasteiger partial charge in [-0.2, -0.15) is 10.1 Å². The Balaban J connectivity index is 1.87. The molecule has 27 heavy (non-hydrogen) atoms. The molecule has 7 heteroatoms. The molecule has 0 aliphatic carbocycles. The highest BCUT2D eigenvalue weighted by Crippen LogP contribution is 2.22. The molecular weight excluding hydrogens is 340 g/mol. The molecule has 3 aromatic rings. The van der Waals surface area contributed by atoms with Gasteiger partial charge in [0, 0.05) is 37.6 Å². The van der Waals surface area contributed by atoms with Crippen LogP contribution in [0.3, 0.4) is 0 Å².